The summed E-state index contributed by atoms with van der Waals surface area (Å²) in [5.41, 5.74) is 3.46. The molecule has 124 valence electrons. The van der Waals surface area contributed by atoms with Crippen molar-refractivity contribution < 1.29 is 0 Å². The monoisotopic (exact) mass is 300 g/mol. The molecule has 2 aliphatic carbocycles. The fourth-order valence-corrected chi connectivity index (χ4v) is 4.15. The SMILES string of the molecule is CCCCC(CCCC)=C1C=CC=CC1CC1CCCCC1. The van der Waals surface area contributed by atoms with Crippen molar-refractivity contribution in [1.29, 1.82) is 0 Å². The zero-order chi connectivity index (χ0) is 15.6. The minimum Gasteiger partial charge on any atom is -0.0770 e. The quantitative estimate of drug-likeness (QED) is 0.439. The Hall–Kier alpha value is -0.780. The number of rotatable bonds is 8. The molecule has 0 aromatic heterocycles. The second kappa shape index (κ2) is 10.1. The fourth-order valence-electron chi connectivity index (χ4n) is 4.15. The molecule has 2 aliphatic rings. The number of hydrogen-bond donors (Lipinski definition) is 0. The fraction of sp³-hybridized carbons (Fsp3) is 0.727. The summed E-state index contributed by atoms with van der Waals surface area (Å²) in [6.45, 7) is 4.64. The lowest BCUT2D eigenvalue weighted by Gasteiger charge is -2.28. The third kappa shape index (κ3) is 5.45. The summed E-state index contributed by atoms with van der Waals surface area (Å²) in [5, 5.41) is 0. The van der Waals surface area contributed by atoms with Gasteiger partial charge in [0.05, 0.1) is 0 Å². The maximum Gasteiger partial charge on any atom is 0.00232 e. The second-order valence-corrected chi connectivity index (χ2v) is 7.36. The highest BCUT2D eigenvalue weighted by atomic mass is 14.3. The van der Waals surface area contributed by atoms with Gasteiger partial charge in [-0.25, -0.2) is 0 Å². The van der Waals surface area contributed by atoms with Gasteiger partial charge in [-0.1, -0.05) is 88.7 Å². The van der Waals surface area contributed by atoms with E-state index in [4.69, 9.17) is 0 Å². The zero-order valence-corrected chi connectivity index (χ0v) is 14.9. The van der Waals surface area contributed by atoms with Crippen molar-refractivity contribution in [3.05, 3.63) is 35.5 Å². The lowest BCUT2D eigenvalue weighted by atomic mass is 9.77. The molecule has 0 radical (unpaired) electrons. The summed E-state index contributed by atoms with van der Waals surface area (Å²) < 4.78 is 0. The van der Waals surface area contributed by atoms with Gasteiger partial charge < -0.3 is 0 Å². The van der Waals surface area contributed by atoms with Crippen LogP contribution in [0.5, 0.6) is 0 Å². The summed E-state index contributed by atoms with van der Waals surface area (Å²) in [5.74, 6) is 1.68. The number of unbranched alkanes of at least 4 members (excludes halogenated alkanes) is 2. The highest BCUT2D eigenvalue weighted by Gasteiger charge is 2.21. The highest BCUT2D eigenvalue weighted by Crippen LogP contribution is 2.36. The maximum atomic E-state index is 2.49. The van der Waals surface area contributed by atoms with E-state index in [0.717, 1.165) is 5.92 Å². The summed E-state index contributed by atoms with van der Waals surface area (Å²) >= 11 is 0. The van der Waals surface area contributed by atoms with Crippen LogP contribution in [-0.4, -0.2) is 0 Å². The van der Waals surface area contributed by atoms with E-state index in [1.807, 2.05) is 0 Å². The van der Waals surface area contributed by atoms with Crippen LogP contribution < -0.4 is 0 Å². The molecule has 0 aromatic rings. The molecule has 1 atom stereocenters. The van der Waals surface area contributed by atoms with Gasteiger partial charge in [0, 0.05) is 5.92 Å². The van der Waals surface area contributed by atoms with Gasteiger partial charge in [0.25, 0.3) is 0 Å². The molecule has 1 fully saturated rings. The molecule has 0 heterocycles. The van der Waals surface area contributed by atoms with E-state index in [1.165, 1.54) is 77.0 Å². The van der Waals surface area contributed by atoms with Gasteiger partial charge in [-0.3, -0.25) is 0 Å². The molecule has 0 bridgehead atoms. The Balaban J connectivity index is 2.08. The van der Waals surface area contributed by atoms with E-state index >= 15 is 0 Å². The molecule has 0 saturated heterocycles. The molecule has 2 rings (SSSR count). The topological polar surface area (TPSA) is 0 Å². The lowest BCUT2D eigenvalue weighted by Crippen LogP contribution is -2.14. The van der Waals surface area contributed by atoms with Gasteiger partial charge in [0.2, 0.25) is 0 Å². The van der Waals surface area contributed by atoms with Crippen molar-refractivity contribution in [1.82, 2.24) is 0 Å². The normalized spacial score (nSPS) is 22.3. The first-order valence-electron chi connectivity index (χ1n) is 9.91. The first-order chi connectivity index (χ1) is 10.8. The smallest absolute Gasteiger partial charge is 0.00232 e. The minimum absolute atomic E-state index is 0.705. The Morgan fingerprint density at radius 3 is 2.27 bits per heavy atom. The summed E-state index contributed by atoms with van der Waals surface area (Å²) in [6.07, 6.45) is 26.2. The number of allylic oxidation sites excluding steroid dienone is 6. The van der Waals surface area contributed by atoms with Crippen LogP contribution in [0, 0.1) is 11.8 Å². The van der Waals surface area contributed by atoms with Crippen molar-refractivity contribution in [2.24, 2.45) is 11.8 Å². The molecule has 0 N–H and O–H groups in total. The van der Waals surface area contributed by atoms with E-state index in [1.54, 1.807) is 11.1 Å². The van der Waals surface area contributed by atoms with E-state index in [9.17, 15) is 0 Å². The maximum absolute atomic E-state index is 2.49. The zero-order valence-electron chi connectivity index (χ0n) is 14.9. The Bertz CT molecular complexity index is 380. The van der Waals surface area contributed by atoms with Crippen molar-refractivity contribution >= 4 is 0 Å². The van der Waals surface area contributed by atoms with Crippen LogP contribution in [0.3, 0.4) is 0 Å². The van der Waals surface area contributed by atoms with Crippen molar-refractivity contribution in [3.63, 3.8) is 0 Å². The Kier molecular flexibility index (Phi) is 8.05. The Morgan fingerprint density at radius 1 is 0.955 bits per heavy atom. The van der Waals surface area contributed by atoms with Crippen LogP contribution in [0.15, 0.2) is 35.5 Å². The molecule has 0 spiro atoms. The van der Waals surface area contributed by atoms with Gasteiger partial charge in [0.15, 0.2) is 0 Å². The van der Waals surface area contributed by atoms with E-state index in [2.05, 4.69) is 38.2 Å². The predicted octanol–water partition coefficient (Wildman–Crippen LogP) is 7.38. The first-order valence-corrected chi connectivity index (χ1v) is 9.91. The second-order valence-electron chi connectivity index (χ2n) is 7.36. The molecule has 0 aliphatic heterocycles. The Labute approximate surface area is 138 Å². The molecule has 0 heteroatoms. The van der Waals surface area contributed by atoms with Gasteiger partial charge in [-0.05, 0) is 43.6 Å². The van der Waals surface area contributed by atoms with E-state index in [-0.39, 0.29) is 0 Å². The van der Waals surface area contributed by atoms with Crippen LogP contribution in [0.1, 0.15) is 90.9 Å². The van der Waals surface area contributed by atoms with Crippen LogP contribution >= 0.6 is 0 Å². The van der Waals surface area contributed by atoms with E-state index in [0.29, 0.717) is 5.92 Å². The van der Waals surface area contributed by atoms with Crippen LogP contribution in [0.2, 0.25) is 0 Å². The third-order valence-electron chi connectivity index (χ3n) is 5.51. The average Bonchev–Trinajstić information content (AvgIpc) is 2.57. The van der Waals surface area contributed by atoms with Crippen LogP contribution in [0.4, 0.5) is 0 Å². The molecule has 0 amide bonds. The van der Waals surface area contributed by atoms with Crippen LogP contribution in [-0.2, 0) is 0 Å². The van der Waals surface area contributed by atoms with Gasteiger partial charge in [-0.2, -0.15) is 0 Å². The molecular weight excluding hydrogens is 264 g/mol. The van der Waals surface area contributed by atoms with Crippen molar-refractivity contribution in [2.75, 3.05) is 0 Å². The van der Waals surface area contributed by atoms with Gasteiger partial charge in [-0.15, -0.1) is 0 Å². The standard InChI is InChI=1S/C22H36/c1-3-5-14-20(15-6-4-2)22-17-11-10-16-21(22)18-19-12-8-7-9-13-19/h10-11,16-17,19,21H,3-9,12-15,18H2,1-2H3. The van der Waals surface area contributed by atoms with Crippen LogP contribution in [0.25, 0.3) is 0 Å². The minimum atomic E-state index is 0.705. The average molecular weight is 301 g/mol. The van der Waals surface area contributed by atoms with E-state index < -0.39 is 0 Å². The largest absolute Gasteiger partial charge is 0.0770 e. The van der Waals surface area contributed by atoms with Crippen molar-refractivity contribution in [3.8, 4) is 0 Å². The highest BCUT2D eigenvalue weighted by molar-refractivity contribution is 5.37. The Morgan fingerprint density at radius 2 is 1.64 bits per heavy atom. The summed E-state index contributed by atoms with van der Waals surface area (Å²) in [6, 6.07) is 0. The third-order valence-corrected chi connectivity index (χ3v) is 5.51. The molecule has 0 aromatic carbocycles. The lowest BCUT2D eigenvalue weighted by molar-refractivity contribution is 0.320. The summed E-state index contributed by atoms with van der Waals surface area (Å²) in [4.78, 5) is 0. The molecule has 1 saturated carbocycles. The van der Waals surface area contributed by atoms with Gasteiger partial charge in [0.1, 0.15) is 0 Å². The molecule has 22 heavy (non-hydrogen) atoms. The molecular formula is C22H36. The van der Waals surface area contributed by atoms with Crippen molar-refractivity contribution in [2.45, 2.75) is 90.9 Å². The molecule has 1 unspecified atom stereocenters. The predicted molar refractivity (Wildman–Crippen MR) is 99.0 cm³/mol. The van der Waals surface area contributed by atoms with Gasteiger partial charge >= 0.3 is 0 Å². The number of hydrogen-bond acceptors (Lipinski definition) is 0. The molecule has 0 nitrogen and oxygen atoms in total. The first kappa shape index (κ1) is 17.6. The summed E-state index contributed by atoms with van der Waals surface area (Å²) in [7, 11) is 0.